The summed E-state index contributed by atoms with van der Waals surface area (Å²) in [6.45, 7) is 15.0. The zero-order chi connectivity index (χ0) is 68.3. The van der Waals surface area contributed by atoms with Crippen molar-refractivity contribution in [2.24, 2.45) is 0 Å². The summed E-state index contributed by atoms with van der Waals surface area (Å²) < 4.78 is 0.271. The van der Waals surface area contributed by atoms with Gasteiger partial charge in [-0.25, -0.2) is 30.1 Å². The van der Waals surface area contributed by atoms with Crippen LogP contribution in [0.2, 0.25) is 0 Å². The van der Waals surface area contributed by atoms with E-state index < -0.39 is 11.4 Å². The Morgan fingerprint density at radius 3 is 1.01 bits per heavy atom. The number of anilines is 2. The molecule has 0 aromatic heterocycles. The number of nitrogens with zero attached hydrogens (tertiary/aromatic N) is 1. The fraction of sp³-hybridized carbons (Fsp3) is 0.151. The third-order valence-electron chi connectivity index (χ3n) is 17.7. The van der Waals surface area contributed by atoms with Crippen LogP contribution in [-0.4, -0.2) is 32.5 Å². The van der Waals surface area contributed by atoms with Gasteiger partial charge in [-0.15, -0.1) is 47.3 Å². The minimum Gasteiger partial charge on any atom is -0.376 e. The molecule has 3 aliphatic heterocycles. The molecule has 12 aromatic carbocycles. The van der Waals surface area contributed by atoms with Crippen molar-refractivity contribution in [1.82, 2.24) is 5.32 Å². The molecule has 0 radical (unpaired) electrons. The quantitative estimate of drug-likeness (QED) is 0.114. The first-order valence-electron chi connectivity index (χ1n) is 33.3. The van der Waals surface area contributed by atoms with E-state index in [1.165, 1.54) is 148 Å². The van der Waals surface area contributed by atoms with E-state index in [0.717, 1.165) is 12.8 Å². The summed E-state index contributed by atoms with van der Waals surface area (Å²) in [5.41, 5.74) is 28.9. The molecule has 0 amide bonds. The third kappa shape index (κ3) is 20.4. The van der Waals surface area contributed by atoms with Crippen LogP contribution in [-0.2, 0) is 6.42 Å². The SMILES string of the molecule is BrB(Br)Br.CC1(C)CCCC(C)(C)N1.[CH2-]CCC.[Cl][Al]([Cl])[Cl].[Li+].c1ccc(-c2ccc3c(c2)-c2ccccc2N2B3c3ccc(-c4ccccc4)cc3-c3ccccc32)cc1.c1ccc(-c2cccc(-c3ccccc3Cc3ccccc3-c3cccc(-c4ccccc4)c3)c2)cc1. The van der Waals surface area contributed by atoms with Crippen molar-refractivity contribution in [1.29, 1.82) is 0 Å². The number of para-hydroxylation sites is 2. The molecule has 0 spiro atoms. The van der Waals surface area contributed by atoms with Crippen LogP contribution in [0.5, 0.6) is 0 Å². The molecule has 486 valence electrons. The van der Waals surface area contributed by atoms with Gasteiger partial charge >= 0.3 is 40.3 Å². The fourth-order valence-corrected chi connectivity index (χ4v) is 13.5. The first-order chi connectivity index (χ1) is 47.0. The maximum absolute atomic E-state index is 4.94. The van der Waals surface area contributed by atoms with Crippen LogP contribution < -0.4 is 39.9 Å². The number of benzene rings is 12. The molecule has 0 bridgehead atoms. The number of unbranched alkanes of at least 4 members (excludes halogenated alkanes) is 1. The molecule has 0 unspecified atom stereocenters. The van der Waals surface area contributed by atoms with E-state index in [-0.39, 0.29) is 28.9 Å². The third-order valence-corrected chi connectivity index (χ3v) is 17.7. The molecule has 1 fully saturated rings. The number of nitrogens with one attached hydrogen (secondary N) is 1. The second kappa shape index (κ2) is 37.1. The van der Waals surface area contributed by atoms with Crippen LogP contribution in [0.25, 0.3) is 89.0 Å². The summed E-state index contributed by atoms with van der Waals surface area (Å²) >= 11 is 7.59. The monoisotopic (exact) mass is 1540 g/mol. The topological polar surface area (TPSA) is 15.3 Å². The van der Waals surface area contributed by atoms with Crippen LogP contribution in [0.3, 0.4) is 0 Å². The van der Waals surface area contributed by atoms with E-state index in [2.05, 4.69) is 402 Å². The number of fused-ring (bicyclic) bond motifs is 11. The van der Waals surface area contributed by atoms with Gasteiger partial charge in [-0.1, -0.05) is 280 Å². The molecule has 0 saturated carbocycles. The molecule has 15 rings (SSSR count). The summed E-state index contributed by atoms with van der Waals surface area (Å²) in [6.07, 6.45) is 7.15. The molecule has 12 heteroatoms. The van der Waals surface area contributed by atoms with Crippen LogP contribution >= 0.6 is 77.4 Å². The van der Waals surface area contributed by atoms with Gasteiger partial charge in [-0.2, -0.15) is 6.42 Å². The van der Waals surface area contributed by atoms with Gasteiger partial charge in [0.2, 0.25) is 0 Å². The van der Waals surface area contributed by atoms with Gasteiger partial charge in [0.1, 0.15) is 0 Å². The van der Waals surface area contributed by atoms with Crippen molar-refractivity contribution in [3.05, 3.63) is 321 Å². The Morgan fingerprint density at radius 2 is 0.684 bits per heavy atom. The minimum atomic E-state index is -1.72. The first-order valence-corrected chi connectivity index (χ1v) is 41.3. The molecule has 1 saturated heterocycles. The molecule has 98 heavy (non-hydrogen) atoms. The number of halogens is 6. The van der Waals surface area contributed by atoms with Gasteiger partial charge in [-0.05, 0) is 190 Å². The van der Waals surface area contributed by atoms with Crippen LogP contribution in [0.1, 0.15) is 77.8 Å². The van der Waals surface area contributed by atoms with Crippen LogP contribution in [0.15, 0.2) is 303 Å². The number of piperidine rings is 1. The largest absolute Gasteiger partial charge is 1.00 e. The molecule has 12 aromatic rings. The summed E-state index contributed by atoms with van der Waals surface area (Å²) in [6, 6.07) is 110. The molecule has 0 atom stereocenters. The zero-order valence-corrected chi connectivity index (χ0v) is 64.9. The second-order valence-electron chi connectivity index (χ2n) is 25.6. The van der Waals surface area contributed by atoms with Crippen molar-refractivity contribution in [3.63, 3.8) is 0 Å². The van der Waals surface area contributed by atoms with Gasteiger partial charge in [0.15, 0.2) is 0 Å². The Bertz CT molecular complexity index is 4200. The summed E-state index contributed by atoms with van der Waals surface area (Å²) in [5.74, 6) is 0. The number of hydrogen-bond donors (Lipinski definition) is 1. The van der Waals surface area contributed by atoms with E-state index in [9.17, 15) is 0 Å². The Kier molecular flexibility index (Phi) is 28.8. The van der Waals surface area contributed by atoms with Crippen LogP contribution in [0.4, 0.5) is 11.4 Å². The van der Waals surface area contributed by atoms with Gasteiger partial charge in [-0.3, -0.25) is 0 Å². The van der Waals surface area contributed by atoms with Crippen molar-refractivity contribution in [3.8, 4) is 89.0 Å². The summed E-state index contributed by atoms with van der Waals surface area (Å²) in [7, 11) is 14.8. The average Bonchev–Trinajstić information content (AvgIpc) is 0.708. The average molecular weight is 1540 g/mol. The maximum Gasteiger partial charge on any atom is 1.00 e. The Morgan fingerprint density at radius 1 is 0.398 bits per heavy atom. The van der Waals surface area contributed by atoms with Crippen LogP contribution in [0, 0.1) is 6.92 Å². The number of rotatable bonds is 9. The molecular weight excluding hydrogens is 1460 g/mol. The smallest absolute Gasteiger partial charge is 0.376 e. The van der Waals surface area contributed by atoms with E-state index in [0.29, 0.717) is 11.1 Å². The molecule has 0 aliphatic carbocycles. The van der Waals surface area contributed by atoms with E-state index in [1.807, 2.05) is 0 Å². The molecular formula is C86H80AlB2Br3Cl3LiN2. The first kappa shape index (κ1) is 76.2. The minimum absolute atomic E-state index is 0. The predicted molar refractivity (Wildman–Crippen MR) is 440 cm³/mol. The predicted octanol–water partition coefficient (Wildman–Crippen LogP) is 22.7. The van der Waals surface area contributed by atoms with Gasteiger partial charge in [0.05, 0.1) is 0 Å². The van der Waals surface area contributed by atoms with Crippen molar-refractivity contribution in [2.45, 2.75) is 84.2 Å². The standard InChI is InChI=1S/C37H28.C36H24BN.C9H19N.C4H9.Al.BBr3.3ClH.Li/c1-3-13-28(14-4-1)30-19-11-21-34(25-30)36-23-9-7-17-32(36)27-33-18-8-10-24-37(33)35-22-12-20-31(26-35)29-15-5-2-6-16-29;1-3-11-25(12-4-1)27-19-21-33-31(23-27)29-15-7-9-17-35(29)38-36-18-10-8-16-30(36)32-24-28(20-22-34(32)37(33)38)26-13-5-2-6-14-26;1-8(2)6-5-7-9(3,4)10-8;1-3-4-2;;2-1(3)4;;;;/h1-26H,27H2;1-24H;10H,5-7H2,1-4H3;1,3-4H2,2H3;;;3*1H;/q;;;-1;+3;;;;;+1/p-3. The Hall–Kier alpha value is -6.03. The second-order valence-corrected chi connectivity index (χ2v) is 38.5. The zero-order valence-electron chi connectivity index (χ0n) is 56.8. The van der Waals surface area contributed by atoms with Crippen molar-refractivity contribution in [2.75, 3.05) is 4.81 Å². The molecule has 2 nitrogen and oxygen atoms in total. The summed E-state index contributed by atoms with van der Waals surface area (Å²) in [5, 5.41) is 3.63. The van der Waals surface area contributed by atoms with Crippen molar-refractivity contribution < 1.29 is 18.9 Å². The Labute approximate surface area is 638 Å². The fourth-order valence-electron chi connectivity index (χ4n) is 13.5. The van der Waals surface area contributed by atoms with E-state index in [4.69, 9.17) is 30.1 Å². The molecule has 1 N–H and O–H groups in total. The molecule has 3 aliphatic rings. The van der Waals surface area contributed by atoms with E-state index in [1.54, 1.807) is 0 Å². The van der Waals surface area contributed by atoms with Gasteiger partial charge in [0, 0.05) is 33.6 Å². The molecule has 3 heterocycles. The summed E-state index contributed by atoms with van der Waals surface area (Å²) in [4.78, 5) is 2.56. The van der Waals surface area contributed by atoms with Crippen molar-refractivity contribution >= 4 is 121 Å². The maximum atomic E-state index is 4.94. The number of hydrogen-bond acceptors (Lipinski definition) is 2. The van der Waals surface area contributed by atoms with E-state index >= 15 is 0 Å². The Balaban J connectivity index is 0.000000175. The van der Waals surface area contributed by atoms with Gasteiger partial charge < -0.3 is 17.1 Å². The normalized spacial score (nSPS) is 12.9. The van der Waals surface area contributed by atoms with Gasteiger partial charge in [0.25, 0.3) is 0 Å².